The first-order valence-electron chi connectivity index (χ1n) is 3.89. The van der Waals surface area contributed by atoms with Crippen LogP contribution < -0.4 is 9.50 Å². The lowest BCUT2D eigenvalue weighted by Gasteiger charge is -2.07. The van der Waals surface area contributed by atoms with Crippen molar-refractivity contribution in [1.29, 1.82) is 0 Å². The van der Waals surface area contributed by atoms with Gasteiger partial charge in [-0.05, 0) is 12.1 Å². The van der Waals surface area contributed by atoms with Crippen LogP contribution in [0.5, 0.6) is 5.75 Å². The summed E-state index contributed by atoms with van der Waals surface area (Å²) in [5, 5.41) is 2.41. The maximum atomic E-state index is 10.8. The van der Waals surface area contributed by atoms with Crippen LogP contribution in [0, 0.1) is 0 Å². The summed E-state index contributed by atoms with van der Waals surface area (Å²) in [7, 11) is 0.799. The topological polar surface area (TPSA) is 72.5 Å². The highest BCUT2D eigenvalue weighted by atomic mass is 35.7. The standard InChI is InChI=1S/C8H8ClNO4S/c1-6(11)10-7-4-2-3-5-8(7)14-15(9,12)13/h2-5H,1H3,(H,10,11). The molecule has 1 rings (SSSR count). The molecule has 0 fully saturated rings. The Balaban J connectivity index is 3.01. The van der Waals surface area contributed by atoms with Crippen LogP contribution in [0.25, 0.3) is 0 Å². The third kappa shape index (κ3) is 4.18. The average molecular weight is 250 g/mol. The molecule has 7 heteroatoms. The van der Waals surface area contributed by atoms with Gasteiger partial charge < -0.3 is 9.50 Å². The van der Waals surface area contributed by atoms with Gasteiger partial charge in [-0.3, -0.25) is 4.79 Å². The number of benzene rings is 1. The number of para-hydroxylation sites is 2. The average Bonchev–Trinajstić information content (AvgIpc) is 2.05. The van der Waals surface area contributed by atoms with Crippen molar-refractivity contribution in [1.82, 2.24) is 0 Å². The SMILES string of the molecule is CC(=O)Nc1ccccc1OS(=O)(=O)Cl. The Morgan fingerprint density at radius 2 is 2.00 bits per heavy atom. The highest BCUT2D eigenvalue weighted by Crippen LogP contribution is 2.25. The van der Waals surface area contributed by atoms with Gasteiger partial charge in [-0.2, -0.15) is 8.42 Å². The Hall–Kier alpha value is -1.27. The van der Waals surface area contributed by atoms with Crippen LogP contribution in [0.15, 0.2) is 24.3 Å². The minimum atomic E-state index is -4.11. The zero-order chi connectivity index (χ0) is 11.5. The molecular weight excluding hydrogens is 242 g/mol. The number of nitrogens with one attached hydrogen (secondary N) is 1. The highest BCUT2D eigenvalue weighted by Gasteiger charge is 2.11. The normalized spacial score (nSPS) is 10.8. The van der Waals surface area contributed by atoms with Gasteiger partial charge in [0.15, 0.2) is 5.75 Å². The summed E-state index contributed by atoms with van der Waals surface area (Å²) in [6, 6.07) is 6.06. The van der Waals surface area contributed by atoms with E-state index in [9.17, 15) is 13.2 Å². The van der Waals surface area contributed by atoms with Crippen LogP contribution in [0.2, 0.25) is 0 Å². The fraction of sp³-hybridized carbons (Fsp3) is 0.125. The van der Waals surface area contributed by atoms with Gasteiger partial charge in [0.1, 0.15) is 0 Å². The third-order valence-electron chi connectivity index (χ3n) is 1.39. The summed E-state index contributed by atoms with van der Waals surface area (Å²) in [6.07, 6.45) is 0. The van der Waals surface area contributed by atoms with Gasteiger partial charge >= 0.3 is 9.33 Å². The molecule has 1 amide bonds. The fourth-order valence-electron chi connectivity index (χ4n) is 0.939. The van der Waals surface area contributed by atoms with Crippen molar-refractivity contribution in [3.05, 3.63) is 24.3 Å². The number of hydrogen-bond donors (Lipinski definition) is 1. The van der Waals surface area contributed by atoms with E-state index < -0.39 is 9.33 Å². The predicted molar refractivity (Wildman–Crippen MR) is 56.1 cm³/mol. The van der Waals surface area contributed by atoms with Crippen LogP contribution in [-0.4, -0.2) is 14.3 Å². The van der Waals surface area contributed by atoms with Gasteiger partial charge in [0.2, 0.25) is 5.91 Å². The zero-order valence-corrected chi connectivity index (χ0v) is 9.30. The molecule has 1 aromatic rings. The molecule has 15 heavy (non-hydrogen) atoms. The fourth-order valence-corrected chi connectivity index (χ4v) is 1.50. The molecule has 0 aliphatic carbocycles. The monoisotopic (exact) mass is 249 g/mol. The van der Waals surface area contributed by atoms with Crippen LogP contribution in [0.4, 0.5) is 5.69 Å². The molecule has 1 aromatic carbocycles. The van der Waals surface area contributed by atoms with E-state index in [-0.39, 0.29) is 17.3 Å². The van der Waals surface area contributed by atoms with Gasteiger partial charge in [0.05, 0.1) is 16.4 Å². The molecule has 0 heterocycles. The highest BCUT2D eigenvalue weighted by molar-refractivity contribution is 8.10. The lowest BCUT2D eigenvalue weighted by atomic mass is 10.3. The number of carbonyl (C=O) groups excluding carboxylic acids is 1. The second kappa shape index (κ2) is 4.50. The first-order valence-corrected chi connectivity index (χ1v) is 6.12. The molecule has 0 atom stereocenters. The minimum absolute atomic E-state index is 0.0253. The summed E-state index contributed by atoms with van der Waals surface area (Å²) in [6.45, 7) is 1.30. The van der Waals surface area contributed by atoms with Gasteiger partial charge in [-0.25, -0.2) is 0 Å². The van der Waals surface area contributed by atoms with Gasteiger partial charge in [-0.1, -0.05) is 12.1 Å². The van der Waals surface area contributed by atoms with E-state index in [4.69, 9.17) is 10.7 Å². The van der Waals surface area contributed by atoms with E-state index in [0.29, 0.717) is 0 Å². The first kappa shape index (κ1) is 11.8. The largest absolute Gasteiger partial charge is 0.401 e. The molecule has 0 bridgehead atoms. The molecule has 0 saturated heterocycles. The van der Waals surface area contributed by atoms with Crippen LogP contribution in [0.1, 0.15) is 6.92 Å². The Morgan fingerprint density at radius 1 is 1.40 bits per heavy atom. The van der Waals surface area contributed by atoms with Crippen molar-refractivity contribution in [3.8, 4) is 5.75 Å². The Bertz CT molecular complexity index is 471. The zero-order valence-electron chi connectivity index (χ0n) is 7.73. The number of halogens is 1. The summed E-state index contributed by atoms with van der Waals surface area (Å²) < 4.78 is 25.8. The number of hydrogen-bond acceptors (Lipinski definition) is 4. The third-order valence-corrected chi connectivity index (χ3v) is 1.95. The molecule has 0 spiro atoms. The quantitative estimate of drug-likeness (QED) is 0.824. The Morgan fingerprint density at radius 3 is 2.53 bits per heavy atom. The van der Waals surface area contributed by atoms with E-state index in [0.717, 1.165) is 0 Å². The molecule has 5 nitrogen and oxygen atoms in total. The van der Waals surface area contributed by atoms with Gasteiger partial charge in [0.25, 0.3) is 0 Å². The molecular formula is C8H8ClNO4S. The summed E-state index contributed by atoms with van der Waals surface area (Å²) in [5.74, 6) is -0.360. The molecule has 0 radical (unpaired) electrons. The molecule has 0 aromatic heterocycles. The van der Waals surface area contributed by atoms with Gasteiger partial charge in [0, 0.05) is 6.92 Å². The lowest BCUT2D eigenvalue weighted by Crippen LogP contribution is -2.09. The molecule has 0 saturated carbocycles. The molecule has 0 aliphatic rings. The van der Waals surface area contributed by atoms with E-state index in [2.05, 4.69) is 9.50 Å². The minimum Gasteiger partial charge on any atom is -0.369 e. The summed E-state index contributed by atoms with van der Waals surface area (Å²) in [4.78, 5) is 10.8. The molecule has 82 valence electrons. The van der Waals surface area contributed by atoms with E-state index >= 15 is 0 Å². The molecule has 0 aliphatic heterocycles. The Kier molecular flexibility index (Phi) is 3.54. The molecule has 1 N–H and O–H groups in total. The van der Waals surface area contributed by atoms with Crippen molar-refractivity contribution in [3.63, 3.8) is 0 Å². The van der Waals surface area contributed by atoms with Crippen molar-refractivity contribution < 1.29 is 17.4 Å². The van der Waals surface area contributed by atoms with Crippen molar-refractivity contribution in [2.45, 2.75) is 6.92 Å². The van der Waals surface area contributed by atoms with E-state index in [1.165, 1.54) is 19.1 Å². The number of rotatable bonds is 3. The van der Waals surface area contributed by atoms with Gasteiger partial charge in [-0.15, -0.1) is 0 Å². The lowest BCUT2D eigenvalue weighted by molar-refractivity contribution is -0.114. The van der Waals surface area contributed by atoms with Crippen molar-refractivity contribution in [2.24, 2.45) is 0 Å². The predicted octanol–water partition coefficient (Wildman–Crippen LogP) is 1.51. The van der Waals surface area contributed by atoms with Crippen LogP contribution in [0.3, 0.4) is 0 Å². The van der Waals surface area contributed by atoms with E-state index in [1.807, 2.05) is 0 Å². The van der Waals surface area contributed by atoms with Crippen molar-refractivity contribution >= 4 is 31.6 Å². The number of carbonyl (C=O) groups is 1. The summed E-state index contributed by atoms with van der Waals surface area (Å²) in [5.41, 5.74) is 0.245. The smallest absolute Gasteiger partial charge is 0.369 e. The van der Waals surface area contributed by atoms with Crippen molar-refractivity contribution in [2.75, 3.05) is 5.32 Å². The maximum Gasteiger partial charge on any atom is 0.401 e. The maximum absolute atomic E-state index is 10.8. The molecule has 0 unspecified atom stereocenters. The number of anilines is 1. The Labute approximate surface area is 91.6 Å². The second-order valence-corrected chi connectivity index (χ2v) is 4.74. The summed E-state index contributed by atoms with van der Waals surface area (Å²) >= 11 is 0. The van der Waals surface area contributed by atoms with Crippen LogP contribution >= 0.6 is 10.7 Å². The first-order chi connectivity index (χ1) is 6.88. The second-order valence-electron chi connectivity index (χ2n) is 2.65. The van der Waals surface area contributed by atoms with E-state index in [1.54, 1.807) is 12.1 Å². The van der Waals surface area contributed by atoms with Crippen LogP contribution in [-0.2, 0) is 14.1 Å². The number of amides is 1.